The summed E-state index contributed by atoms with van der Waals surface area (Å²) in [7, 11) is 0. The van der Waals surface area contributed by atoms with Crippen molar-refractivity contribution in [2.45, 2.75) is 57.0 Å². The molecule has 3 rings (SSSR count). The topological polar surface area (TPSA) is 94.5 Å². The van der Waals surface area contributed by atoms with Gasteiger partial charge in [-0.15, -0.1) is 0 Å². The number of rotatable bonds is 8. The summed E-state index contributed by atoms with van der Waals surface area (Å²) in [5, 5.41) is 24.5. The maximum Gasteiger partial charge on any atom is 0.320 e. The lowest BCUT2D eigenvalue weighted by Crippen LogP contribution is -2.49. The summed E-state index contributed by atoms with van der Waals surface area (Å²) in [5.41, 5.74) is 2.46. The second-order valence-electron chi connectivity index (χ2n) is 6.98. The summed E-state index contributed by atoms with van der Waals surface area (Å²) in [5.74, 6) is 0.815. The van der Waals surface area contributed by atoms with Crippen molar-refractivity contribution in [3.63, 3.8) is 0 Å². The molecule has 1 aliphatic carbocycles. The molecule has 1 atom stereocenters. The molecule has 24 heavy (non-hydrogen) atoms. The average Bonchev–Trinajstić information content (AvgIpc) is 2.55. The zero-order valence-corrected chi connectivity index (χ0v) is 14.0. The zero-order chi connectivity index (χ0) is 16.9. The van der Waals surface area contributed by atoms with E-state index in [1.54, 1.807) is 0 Å². The Labute approximate surface area is 142 Å². The number of aromatic nitrogens is 1. The van der Waals surface area contributed by atoms with E-state index >= 15 is 0 Å². The van der Waals surface area contributed by atoms with Gasteiger partial charge in [-0.05, 0) is 62.5 Å². The van der Waals surface area contributed by atoms with Crippen LogP contribution in [0.1, 0.15) is 43.4 Å². The second kappa shape index (κ2) is 7.94. The van der Waals surface area contributed by atoms with Gasteiger partial charge in [-0.25, -0.2) is 4.98 Å². The Balaban J connectivity index is 1.41. The maximum absolute atomic E-state index is 11.1. The van der Waals surface area contributed by atoms with E-state index in [1.807, 2.05) is 0 Å². The number of fused-ring (bicyclic) bond motifs is 1. The highest BCUT2D eigenvalue weighted by Crippen LogP contribution is 2.32. The summed E-state index contributed by atoms with van der Waals surface area (Å²) in [6.45, 7) is 0.913. The monoisotopic (exact) mass is 333 g/mol. The van der Waals surface area contributed by atoms with Crippen molar-refractivity contribution in [3.05, 3.63) is 23.4 Å². The van der Waals surface area contributed by atoms with Gasteiger partial charge in [0.05, 0.1) is 0 Å². The Kier molecular flexibility index (Phi) is 5.68. The van der Waals surface area contributed by atoms with E-state index in [1.165, 1.54) is 12.0 Å². The molecule has 0 amide bonds. The smallest absolute Gasteiger partial charge is 0.320 e. The van der Waals surface area contributed by atoms with Gasteiger partial charge < -0.3 is 20.8 Å². The van der Waals surface area contributed by atoms with E-state index in [4.69, 9.17) is 15.2 Å². The van der Waals surface area contributed by atoms with Crippen molar-refractivity contribution in [2.24, 2.45) is 5.92 Å². The van der Waals surface area contributed by atoms with Crippen LogP contribution in [0.5, 0.6) is 0 Å². The predicted octanol–water partition coefficient (Wildman–Crippen LogP) is 1.58. The normalized spacial score (nSPS) is 23.7. The fourth-order valence-corrected chi connectivity index (χ4v) is 3.66. The molecule has 1 aromatic rings. The van der Waals surface area contributed by atoms with Crippen LogP contribution < -0.4 is 10.6 Å². The molecule has 0 aromatic carbocycles. The first kappa shape index (κ1) is 17.2. The van der Waals surface area contributed by atoms with E-state index in [9.17, 15) is 4.79 Å². The molecule has 6 nitrogen and oxygen atoms in total. The van der Waals surface area contributed by atoms with Crippen molar-refractivity contribution in [2.75, 3.05) is 18.5 Å². The number of hydrogen-bond acceptors (Lipinski definition) is 5. The fraction of sp³-hybridized carbons (Fsp3) is 0.667. The number of carboxylic acid groups (broad SMARTS) is 1. The quantitative estimate of drug-likeness (QED) is 0.577. The van der Waals surface area contributed by atoms with Crippen LogP contribution in [0, 0.1) is 5.92 Å². The van der Waals surface area contributed by atoms with Crippen molar-refractivity contribution in [3.8, 4) is 0 Å². The first-order valence-electron chi connectivity index (χ1n) is 8.98. The van der Waals surface area contributed by atoms with Crippen molar-refractivity contribution < 1.29 is 15.0 Å². The van der Waals surface area contributed by atoms with E-state index < -0.39 is 12.0 Å². The number of nitrogens with one attached hydrogen (secondary N) is 2. The highest BCUT2D eigenvalue weighted by molar-refractivity contribution is 5.73. The minimum atomic E-state index is -0.877. The van der Waals surface area contributed by atoms with Crippen molar-refractivity contribution >= 4 is 11.8 Å². The molecule has 2 heterocycles. The third-order valence-electron chi connectivity index (χ3n) is 5.15. The SMILES string of the molecule is O=C(O)C(CCO)NC1CC(CCc2ccc3c(n2)NCCC3)C1. The van der Waals surface area contributed by atoms with Gasteiger partial charge in [-0.2, -0.15) is 0 Å². The summed E-state index contributed by atoms with van der Waals surface area (Å²) >= 11 is 0. The Bertz CT molecular complexity index is 573. The van der Waals surface area contributed by atoms with Gasteiger partial charge in [0.1, 0.15) is 11.9 Å². The van der Waals surface area contributed by atoms with Crippen molar-refractivity contribution in [1.29, 1.82) is 0 Å². The number of carboxylic acids is 1. The maximum atomic E-state index is 11.1. The number of hydrogen-bond donors (Lipinski definition) is 4. The van der Waals surface area contributed by atoms with Crippen LogP contribution in [0.3, 0.4) is 0 Å². The third kappa shape index (κ3) is 4.24. The third-order valence-corrected chi connectivity index (χ3v) is 5.15. The zero-order valence-electron chi connectivity index (χ0n) is 14.0. The Morgan fingerprint density at radius 2 is 2.25 bits per heavy atom. The van der Waals surface area contributed by atoms with Crippen LogP contribution in [0.2, 0.25) is 0 Å². The van der Waals surface area contributed by atoms with Gasteiger partial charge in [-0.1, -0.05) is 6.07 Å². The number of aliphatic hydroxyl groups excluding tert-OH is 1. The molecule has 4 N–H and O–H groups in total. The molecule has 1 aliphatic heterocycles. The van der Waals surface area contributed by atoms with E-state index in [0.29, 0.717) is 5.92 Å². The highest BCUT2D eigenvalue weighted by Gasteiger charge is 2.32. The number of aryl methyl sites for hydroxylation is 2. The lowest BCUT2D eigenvalue weighted by molar-refractivity contribution is -0.140. The Morgan fingerprint density at radius 3 is 3.00 bits per heavy atom. The molecule has 1 saturated carbocycles. The molecular weight excluding hydrogens is 306 g/mol. The largest absolute Gasteiger partial charge is 0.480 e. The van der Waals surface area contributed by atoms with Gasteiger partial charge >= 0.3 is 5.97 Å². The molecule has 0 radical (unpaired) electrons. The molecule has 6 heteroatoms. The summed E-state index contributed by atoms with van der Waals surface area (Å²) in [6, 6.07) is 3.97. The number of aliphatic hydroxyl groups is 1. The number of pyridine rings is 1. The highest BCUT2D eigenvalue weighted by atomic mass is 16.4. The van der Waals surface area contributed by atoms with Gasteiger partial charge in [0.15, 0.2) is 0 Å². The summed E-state index contributed by atoms with van der Waals surface area (Å²) < 4.78 is 0. The standard InChI is InChI=1S/C18H27N3O3/c22-9-7-16(18(23)24)20-15-10-12(11-15)3-5-14-6-4-13-2-1-8-19-17(13)21-14/h4,6,12,15-16,20,22H,1-3,5,7-11H2,(H,19,21)(H,23,24). The number of aliphatic carboxylic acids is 1. The van der Waals surface area contributed by atoms with Gasteiger partial charge in [0, 0.05) is 24.9 Å². The number of carbonyl (C=O) groups is 1. The fourth-order valence-electron chi connectivity index (χ4n) is 3.66. The molecule has 1 fully saturated rings. The molecule has 2 aliphatic rings. The molecule has 132 valence electrons. The van der Waals surface area contributed by atoms with Gasteiger partial charge in [-0.3, -0.25) is 4.79 Å². The molecule has 0 bridgehead atoms. The number of nitrogens with zero attached hydrogens (tertiary/aromatic N) is 1. The first-order valence-corrected chi connectivity index (χ1v) is 8.98. The van der Waals surface area contributed by atoms with Crippen LogP contribution in [-0.2, 0) is 17.6 Å². The molecular formula is C18H27N3O3. The lowest BCUT2D eigenvalue weighted by atomic mass is 9.77. The number of anilines is 1. The Hall–Kier alpha value is -1.66. The van der Waals surface area contributed by atoms with Crippen LogP contribution in [-0.4, -0.2) is 46.4 Å². The first-order chi connectivity index (χ1) is 11.7. The summed E-state index contributed by atoms with van der Waals surface area (Å²) in [6.07, 6.45) is 6.66. The predicted molar refractivity (Wildman–Crippen MR) is 92.1 cm³/mol. The van der Waals surface area contributed by atoms with Crippen LogP contribution in [0.15, 0.2) is 12.1 Å². The minimum Gasteiger partial charge on any atom is -0.480 e. The Morgan fingerprint density at radius 1 is 1.42 bits per heavy atom. The van der Waals surface area contributed by atoms with Crippen LogP contribution in [0.25, 0.3) is 0 Å². The van der Waals surface area contributed by atoms with Crippen molar-refractivity contribution in [1.82, 2.24) is 10.3 Å². The average molecular weight is 333 g/mol. The molecule has 1 aromatic heterocycles. The van der Waals surface area contributed by atoms with E-state index in [2.05, 4.69) is 22.8 Å². The lowest BCUT2D eigenvalue weighted by Gasteiger charge is -2.37. The van der Waals surface area contributed by atoms with Crippen LogP contribution >= 0.6 is 0 Å². The second-order valence-corrected chi connectivity index (χ2v) is 6.98. The minimum absolute atomic E-state index is 0.0991. The van der Waals surface area contributed by atoms with Crippen LogP contribution in [0.4, 0.5) is 5.82 Å². The van der Waals surface area contributed by atoms with Gasteiger partial charge in [0.2, 0.25) is 0 Å². The van der Waals surface area contributed by atoms with Gasteiger partial charge in [0.25, 0.3) is 0 Å². The molecule has 1 unspecified atom stereocenters. The van der Waals surface area contributed by atoms with E-state index in [-0.39, 0.29) is 19.1 Å². The summed E-state index contributed by atoms with van der Waals surface area (Å²) in [4.78, 5) is 15.8. The van der Waals surface area contributed by atoms with E-state index in [0.717, 1.165) is 50.2 Å². The molecule has 0 spiro atoms. The molecule has 0 saturated heterocycles.